The molecular weight excluding hydrogens is 1660 g/mol. The van der Waals surface area contributed by atoms with Crippen LogP contribution in [0.5, 0.6) is 0 Å². The summed E-state index contributed by atoms with van der Waals surface area (Å²) in [7, 11) is 0. The maximum absolute atomic E-state index is 5.13. The molecule has 636 valence electrons. The van der Waals surface area contributed by atoms with Gasteiger partial charge in [0.15, 0.2) is 11.6 Å². The summed E-state index contributed by atoms with van der Waals surface area (Å²) >= 11 is 0. The molecule has 0 aliphatic heterocycles. The molecule has 0 aliphatic carbocycles. The van der Waals surface area contributed by atoms with Gasteiger partial charge in [-0.25, -0.2) is 4.98 Å². The van der Waals surface area contributed by atoms with Gasteiger partial charge in [-0.2, -0.15) is 9.97 Å². The lowest BCUT2D eigenvalue weighted by atomic mass is 9.98. The van der Waals surface area contributed by atoms with E-state index in [9.17, 15) is 0 Å². The van der Waals surface area contributed by atoms with Crippen molar-refractivity contribution < 1.29 is 0 Å². The predicted octanol–water partition coefficient (Wildman–Crippen LogP) is 31.2. The molecule has 0 N–H and O–H groups in total. The van der Waals surface area contributed by atoms with E-state index in [0.29, 0.717) is 17.6 Å². The predicted molar refractivity (Wildman–Crippen MR) is 562 cm³/mol. The molecule has 28 aromatic rings. The Balaban J connectivity index is 0.000000106. The lowest BCUT2D eigenvalue weighted by Crippen LogP contribution is -2.06. The first-order valence-electron chi connectivity index (χ1n) is 45.9. The molecule has 10 aromatic heterocycles. The standard InChI is InChI=1S/C44H28N6.C41H27N3.C39H25N3/c1-4-13-29(14-5-1)42-46-43(30-15-6-2-7-16-30)48-44(47-42)50-37-21-11-10-19-34(37)35-24-23-31(27-40(35)50)33-20-12-22-39-41(33)36-28-45-26-25-38(36)49(39)32-17-8-3-9-18-32;1-3-10-28(11-4-1)29-18-21-32(22-19-29)44-37-16-8-7-14-34(37)35-23-20-30(26-40(35)44)33-15-9-17-39-41(33)36-27-42-25-24-38(36)43(39)31-12-5-2-6-13-31;1-2-11-29(12-3-1)41-36-21-22-40-25-34(36)39-31(14-8-16-37(39)41)28-18-20-33-32-13-6-7-15-35(32)42(38(33)24-28)30-19-17-26-9-4-5-10-27(26)23-30/h1-28H;1-27H;1-25H. The molecule has 0 spiro atoms. The van der Waals surface area contributed by atoms with Crippen LogP contribution in [0.2, 0.25) is 0 Å². The van der Waals surface area contributed by atoms with Gasteiger partial charge >= 0.3 is 0 Å². The molecule has 12 nitrogen and oxygen atoms in total. The van der Waals surface area contributed by atoms with Crippen LogP contribution in [0.25, 0.3) is 243 Å². The molecule has 136 heavy (non-hydrogen) atoms. The van der Waals surface area contributed by atoms with Crippen molar-refractivity contribution in [2.24, 2.45) is 0 Å². The third-order valence-electron chi connectivity index (χ3n) is 26.9. The van der Waals surface area contributed by atoms with Gasteiger partial charge in [-0.15, -0.1) is 0 Å². The SMILES string of the molecule is c1ccc(-c2ccc(-n3c4ccccc4c4ccc(-c5cccc6c5c5cnccc5n6-c5ccccc5)cc43)cc2)cc1.c1ccc(-c2nc(-c3ccccc3)nc(-n3c4ccccc4c4ccc(-c5cccc6c5c5cnccc5n6-c5ccccc5)cc43)n2)cc1.c1ccc(-n2c3ccncc3c3c(-c4ccc5c6ccccc6n(-c6ccc7ccccc7c6)c5c4)cccc32)cc1. The minimum absolute atomic E-state index is 0.573. The molecule has 28 rings (SSSR count). The summed E-state index contributed by atoms with van der Waals surface area (Å²) in [5.41, 5.74) is 30.8. The Morgan fingerprint density at radius 1 is 0.154 bits per heavy atom. The number of hydrogen-bond acceptors (Lipinski definition) is 6. The van der Waals surface area contributed by atoms with E-state index < -0.39 is 0 Å². The summed E-state index contributed by atoms with van der Waals surface area (Å²) in [6.45, 7) is 0. The fourth-order valence-corrected chi connectivity index (χ4v) is 20.9. The van der Waals surface area contributed by atoms with Crippen molar-refractivity contribution in [3.63, 3.8) is 0 Å². The lowest BCUT2D eigenvalue weighted by Gasteiger charge is -2.12. The molecule has 0 bridgehead atoms. The first-order chi connectivity index (χ1) is 67.5. The van der Waals surface area contributed by atoms with Crippen LogP contribution in [0.15, 0.2) is 486 Å². The van der Waals surface area contributed by atoms with Gasteiger partial charge in [-0.05, 0) is 189 Å². The fourth-order valence-electron chi connectivity index (χ4n) is 20.9. The Hall–Kier alpha value is -18.5. The van der Waals surface area contributed by atoms with Gasteiger partial charge in [0.25, 0.3) is 0 Å². The average Bonchev–Trinajstić information content (AvgIpc) is 1.58. The van der Waals surface area contributed by atoms with E-state index >= 15 is 0 Å². The van der Waals surface area contributed by atoms with Crippen LogP contribution >= 0.6 is 0 Å². The van der Waals surface area contributed by atoms with Gasteiger partial charge < -0.3 is 22.8 Å². The minimum Gasteiger partial charge on any atom is -0.309 e. The van der Waals surface area contributed by atoms with Gasteiger partial charge in [0.2, 0.25) is 5.95 Å². The number of fused-ring (bicyclic) bond motifs is 19. The number of nitrogens with zero attached hydrogens (tertiary/aromatic N) is 12. The minimum atomic E-state index is 0.573. The quantitative estimate of drug-likeness (QED) is 0.121. The van der Waals surface area contributed by atoms with Gasteiger partial charge in [-0.1, -0.05) is 315 Å². The molecule has 12 heteroatoms. The van der Waals surface area contributed by atoms with Crippen molar-refractivity contribution in [3.05, 3.63) is 486 Å². The van der Waals surface area contributed by atoms with Crippen molar-refractivity contribution in [1.29, 1.82) is 0 Å². The number of benzene rings is 18. The van der Waals surface area contributed by atoms with Crippen LogP contribution in [0.1, 0.15) is 0 Å². The summed E-state index contributed by atoms with van der Waals surface area (Å²) in [6.07, 6.45) is 11.6. The zero-order valence-electron chi connectivity index (χ0n) is 73.6. The van der Waals surface area contributed by atoms with E-state index in [1.54, 1.807) is 0 Å². The van der Waals surface area contributed by atoms with Crippen LogP contribution in [0, 0.1) is 0 Å². The van der Waals surface area contributed by atoms with Gasteiger partial charge in [0.05, 0.1) is 66.2 Å². The second-order valence-corrected chi connectivity index (χ2v) is 34.5. The Morgan fingerprint density at radius 2 is 0.441 bits per heavy atom. The van der Waals surface area contributed by atoms with E-state index in [4.69, 9.17) is 15.0 Å². The Morgan fingerprint density at radius 3 is 0.853 bits per heavy atom. The monoisotopic (exact) mass is 1740 g/mol. The van der Waals surface area contributed by atoms with E-state index in [2.05, 4.69) is 431 Å². The highest BCUT2D eigenvalue weighted by Crippen LogP contribution is 2.47. The Bertz CT molecular complexity index is 9470. The Kier molecular flexibility index (Phi) is 19.0. The molecule has 0 fully saturated rings. The molecule has 18 aromatic carbocycles. The molecule has 0 atom stereocenters. The fraction of sp³-hybridized carbons (Fsp3) is 0. The van der Waals surface area contributed by atoms with E-state index in [-0.39, 0.29) is 0 Å². The van der Waals surface area contributed by atoms with Crippen molar-refractivity contribution in [1.82, 2.24) is 57.3 Å². The maximum atomic E-state index is 5.13. The second-order valence-electron chi connectivity index (χ2n) is 34.5. The van der Waals surface area contributed by atoms with Crippen LogP contribution in [0.3, 0.4) is 0 Å². The van der Waals surface area contributed by atoms with Crippen LogP contribution < -0.4 is 0 Å². The average molecular weight is 1740 g/mol. The molecule has 0 unspecified atom stereocenters. The molecular formula is C124H80N12. The number of hydrogen-bond donors (Lipinski definition) is 0. The molecule has 0 amide bonds. The topological polar surface area (TPSA) is 107 Å². The van der Waals surface area contributed by atoms with Crippen LogP contribution in [-0.2, 0) is 0 Å². The highest BCUT2D eigenvalue weighted by molar-refractivity contribution is 6.21. The molecule has 0 saturated carbocycles. The summed E-state index contributed by atoms with van der Waals surface area (Å²) in [6, 6.07) is 159. The molecule has 0 radical (unpaired) electrons. The summed E-state index contributed by atoms with van der Waals surface area (Å²) in [4.78, 5) is 28.9. The number of pyridine rings is 3. The van der Waals surface area contributed by atoms with Crippen molar-refractivity contribution in [3.8, 4) is 102 Å². The summed E-state index contributed by atoms with van der Waals surface area (Å²) in [5.74, 6) is 1.83. The number of aromatic nitrogens is 12. The zero-order valence-corrected chi connectivity index (χ0v) is 73.6. The smallest absolute Gasteiger partial charge is 0.238 e. The Labute approximate surface area is 781 Å². The van der Waals surface area contributed by atoms with Crippen molar-refractivity contribution in [2.75, 3.05) is 0 Å². The third kappa shape index (κ3) is 13.2. The van der Waals surface area contributed by atoms with E-state index in [1.807, 2.05) is 97.8 Å². The number of para-hydroxylation sites is 6. The first-order valence-corrected chi connectivity index (χ1v) is 45.9. The molecule has 0 aliphatic rings. The highest BCUT2D eigenvalue weighted by atomic mass is 15.2. The zero-order chi connectivity index (χ0) is 89.7. The summed E-state index contributed by atoms with van der Waals surface area (Å²) < 4.78 is 14.0. The van der Waals surface area contributed by atoms with E-state index in [1.165, 1.54) is 121 Å². The van der Waals surface area contributed by atoms with E-state index in [0.717, 1.165) is 105 Å². The molecule has 10 heterocycles. The molecule has 0 saturated heterocycles. The maximum Gasteiger partial charge on any atom is 0.238 e. The largest absolute Gasteiger partial charge is 0.309 e. The lowest BCUT2D eigenvalue weighted by molar-refractivity contribution is 0.953. The van der Waals surface area contributed by atoms with Gasteiger partial charge in [-0.3, -0.25) is 19.5 Å². The third-order valence-corrected chi connectivity index (χ3v) is 26.9. The first kappa shape index (κ1) is 78.5. The van der Waals surface area contributed by atoms with Crippen LogP contribution in [-0.4, -0.2) is 57.3 Å². The second kappa shape index (κ2) is 32.8. The van der Waals surface area contributed by atoms with Gasteiger partial charge in [0.1, 0.15) is 0 Å². The van der Waals surface area contributed by atoms with Crippen LogP contribution in [0.4, 0.5) is 0 Å². The van der Waals surface area contributed by atoms with Gasteiger partial charge in [0, 0.05) is 141 Å². The van der Waals surface area contributed by atoms with Crippen molar-refractivity contribution >= 4 is 142 Å². The van der Waals surface area contributed by atoms with Crippen molar-refractivity contribution in [2.45, 2.75) is 0 Å². The number of rotatable bonds is 12. The normalized spacial score (nSPS) is 11.7. The summed E-state index contributed by atoms with van der Waals surface area (Å²) in [5, 5.41) is 16.8. The highest BCUT2D eigenvalue weighted by Gasteiger charge is 2.26.